The number of imide groups is 1. The van der Waals surface area contributed by atoms with Crippen LogP contribution in [-0.2, 0) is 29.2 Å². The summed E-state index contributed by atoms with van der Waals surface area (Å²) in [4.78, 5) is 39.7. The van der Waals surface area contributed by atoms with Crippen molar-refractivity contribution < 1.29 is 19.1 Å². The first-order chi connectivity index (χ1) is 18.0. The molecule has 0 spiro atoms. The number of thiophene rings is 1. The molecule has 0 aliphatic carbocycles. The maximum Gasteiger partial charge on any atom is 0.255 e. The van der Waals surface area contributed by atoms with E-state index in [1.807, 2.05) is 12.1 Å². The molecule has 1 aromatic heterocycles. The van der Waals surface area contributed by atoms with Crippen LogP contribution >= 0.6 is 11.3 Å². The number of fused-ring (bicyclic) bond motifs is 2. The molecule has 3 amide bonds. The lowest BCUT2D eigenvalue weighted by Crippen LogP contribution is -2.52. The minimum atomic E-state index is -0.628. The number of hydrogen-bond acceptors (Lipinski definition) is 5. The third kappa shape index (κ3) is 5.42. The Morgan fingerprint density at radius 3 is 2.78 bits per heavy atom. The summed E-state index contributed by atoms with van der Waals surface area (Å²) in [6.07, 6.45) is 6.77. The van der Waals surface area contributed by atoms with Gasteiger partial charge in [-0.25, -0.2) is 0 Å². The van der Waals surface area contributed by atoms with Crippen LogP contribution in [0.25, 0.3) is 10.1 Å². The van der Waals surface area contributed by atoms with Crippen molar-refractivity contribution in [1.82, 2.24) is 10.2 Å². The Hall–Kier alpha value is -3.19. The van der Waals surface area contributed by atoms with E-state index in [4.69, 9.17) is 4.74 Å². The molecule has 3 aromatic rings. The monoisotopic (exact) mass is 518 g/mol. The average molecular weight is 519 g/mol. The number of hydrogen-bond donors (Lipinski definition) is 1. The van der Waals surface area contributed by atoms with Gasteiger partial charge in [0.05, 0.1) is 6.54 Å². The third-order valence-corrected chi connectivity index (χ3v) is 8.68. The summed E-state index contributed by atoms with van der Waals surface area (Å²) in [5, 5.41) is 3.58. The smallest absolute Gasteiger partial charge is 0.255 e. The second-order valence-electron chi connectivity index (χ2n) is 10.2. The second-order valence-corrected chi connectivity index (χ2v) is 11.3. The van der Waals surface area contributed by atoms with E-state index in [1.54, 1.807) is 22.3 Å². The van der Waals surface area contributed by atoms with E-state index in [2.05, 4.69) is 43.4 Å². The third-order valence-electron chi connectivity index (χ3n) is 7.61. The van der Waals surface area contributed by atoms with Gasteiger partial charge in [0.1, 0.15) is 18.4 Å². The quantitative estimate of drug-likeness (QED) is 0.334. The van der Waals surface area contributed by atoms with Crippen LogP contribution in [-0.4, -0.2) is 28.7 Å². The zero-order chi connectivity index (χ0) is 25.9. The summed E-state index contributed by atoms with van der Waals surface area (Å²) in [5.41, 5.74) is 2.77. The van der Waals surface area contributed by atoms with E-state index in [0.29, 0.717) is 30.9 Å². The van der Waals surface area contributed by atoms with E-state index in [0.717, 1.165) is 22.8 Å². The van der Waals surface area contributed by atoms with Crippen molar-refractivity contribution in [2.45, 2.75) is 78.0 Å². The fraction of sp³-hybridized carbons (Fsp3) is 0.433. The molecule has 7 heteroatoms. The molecule has 1 fully saturated rings. The first-order valence-electron chi connectivity index (χ1n) is 13.4. The van der Waals surface area contributed by atoms with Crippen LogP contribution in [0.2, 0.25) is 0 Å². The fourth-order valence-corrected chi connectivity index (χ4v) is 6.49. The highest BCUT2D eigenvalue weighted by Crippen LogP contribution is 2.35. The maximum absolute atomic E-state index is 13.1. The highest BCUT2D eigenvalue weighted by molar-refractivity contribution is 7.19. The number of benzene rings is 2. The lowest BCUT2D eigenvalue weighted by molar-refractivity contribution is -0.136. The number of amides is 3. The van der Waals surface area contributed by atoms with Crippen LogP contribution in [0.4, 0.5) is 0 Å². The standard InChI is InChI=1S/C30H34N2O4S/c1-3-5-7-19(4-2)14-20-10-11-21-16-22(37-27(21)15-20)18-36-26-9-6-8-23-24(26)17-32(30(23)35)25-12-13-28(33)31-29(25)34/h6,8-11,15-16,19,25H,3-5,7,12-14,17-18H2,1-2H3,(H,31,33,34). The van der Waals surface area contributed by atoms with Crippen LogP contribution < -0.4 is 10.1 Å². The van der Waals surface area contributed by atoms with Gasteiger partial charge in [-0.15, -0.1) is 11.3 Å². The average Bonchev–Trinajstić information content (AvgIpc) is 3.45. The highest BCUT2D eigenvalue weighted by atomic mass is 32.1. The zero-order valence-electron chi connectivity index (χ0n) is 21.5. The van der Waals surface area contributed by atoms with E-state index < -0.39 is 11.9 Å². The molecule has 0 saturated carbocycles. The van der Waals surface area contributed by atoms with E-state index in [-0.39, 0.29) is 18.2 Å². The van der Waals surface area contributed by atoms with Gasteiger partial charge in [0, 0.05) is 27.1 Å². The number of rotatable bonds is 10. The van der Waals surface area contributed by atoms with Crippen LogP contribution in [0.3, 0.4) is 0 Å². The van der Waals surface area contributed by atoms with Crippen molar-refractivity contribution in [1.29, 1.82) is 0 Å². The Labute approximate surface area is 222 Å². The van der Waals surface area contributed by atoms with Crippen LogP contribution in [0.5, 0.6) is 5.75 Å². The molecule has 5 rings (SSSR count). The molecule has 194 valence electrons. The molecular weight excluding hydrogens is 484 g/mol. The number of piperidine rings is 1. The Morgan fingerprint density at radius 1 is 1.14 bits per heavy atom. The highest BCUT2D eigenvalue weighted by Gasteiger charge is 2.40. The van der Waals surface area contributed by atoms with Gasteiger partial charge in [0.25, 0.3) is 5.91 Å². The summed E-state index contributed by atoms with van der Waals surface area (Å²) in [7, 11) is 0. The molecule has 2 atom stereocenters. The maximum atomic E-state index is 13.1. The van der Waals surface area contributed by atoms with Gasteiger partial charge < -0.3 is 9.64 Å². The zero-order valence-corrected chi connectivity index (χ0v) is 22.4. The first-order valence-corrected chi connectivity index (χ1v) is 14.2. The summed E-state index contributed by atoms with van der Waals surface area (Å²) in [6.45, 7) is 5.27. The Morgan fingerprint density at radius 2 is 2.00 bits per heavy atom. The van der Waals surface area contributed by atoms with Gasteiger partial charge >= 0.3 is 0 Å². The molecular formula is C30H34N2O4S. The van der Waals surface area contributed by atoms with Gasteiger partial charge in [-0.1, -0.05) is 57.7 Å². The largest absolute Gasteiger partial charge is 0.488 e. The lowest BCUT2D eigenvalue weighted by atomic mass is 9.92. The van der Waals surface area contributed by atoms with Crippen LogP contribution in [0.1, 0.15) is 78.7 Å². The summed E-state index contributed by atoms with van der Waals surface area (Å²) in [6, 6.07) is 13.8. The normalized spacial score (nSPS) is 18.3. The van der Waals surface area contributed by atoms with E-state index in [9.17, 15) is 14.4 Å². The van der Waals surface area contributed by atoms with Gasteiger partial charge in [0.2, 0.25) is 11.8 Å². The minimum Gasteiger partial charge on any atom is -0.488 e. The van der Waals surface area contributed by atoms with E-state index in [1.165, 1.54) is 41.3 Å². The molecule has 1 saturated heterocycles. The topological polar surface area (TPSA) is 75.7 Å². The van der Waals surface area contributed by atoms with Crippen LogP contribution in [0, 0.1) is 5.92 Å². The molecule has 3 heterocycles. The Bertz CT molecular complexity index is 1330. The summed E-state index contributed by atoms with van der Waals surface area (Å²) < 4.78 is 7.50. The molecule has 6 nitrogen and oxygen atoms in total. The number of nitrogens with one attached hydrogen (secondary N) is 1. The molecule has 2 unspecified atom stereocenters. The molecule has 2 aliphatic heterocycles. The molecule has 2 aromatic carbocycles. The van der Waals surface area contributed by atoms with Crippen molar-refractivity contribution in [3.05, 3.63) is 64.0 Å². The van der Waals surface area contributed by atoms with Crippen molar-refractivity contribution in [2.75, 3.05) is 0 Å². The number of nitrogens with zero attached hydrogens (tertiary/aromatic N) is 1. The molecule has 1 N–H and O–H groups in total. The number of unbranched alkanes of at least 4 members (excludes halogenated alkanes) is 1. The number of carbonyl (C=O) groups excluding carboxylic acids is 3. The lowest BCUT2D eigenvalue weighted by Gasteiger charge is -2.29. The molecule has 0 radical (unpaired) electrons. The van der Waals surface area contributed by atoms with Gasteiger partial charge in [-0.05, 0) is 54.0 Å². The van der Waals surface area contributed by atoms with Crippen molar-refractivity contribution in [2.24, 2.45) is 5.92 Å². The number of ether oxygens (including phenoxy) is 1. The summed E-state index contributed by atoms with van der Waals surface area (Å²) >= 11 is 1.75. The van der Waals surface area contributed by atoms with Crippen molar-refractivity contribution in [3.8, 4) is 5.75 Å². The van der Waals surface area contributed by atoms with Crippen LogP contribution in [0.15, 0.2) is 42.5 Å². The van der Waals surface area contributed by atoms with E-state index >= 15 is 0 Å². The number of carbonyl (C=O) groups is 3. The molecule has 2 aliphatic rings. The van der Waals surface area contributed by atoms with Crippen molar-refractivity contribution in [3.63, 3.8) is 0 Å². The summed E-state index contributed by atoms with van der Waals surface area (Å²) in [5.74, 6) is 0.531. The predicted octanol–water partition coefficient (Wildman–Crippen LogP) is 6.00. The predicted molar refractivity (Wildman–Crippen MR) is 146 cm³/mol. The van der Waals surface area contributed by atoms with Gasteiger partial charge in [0.15, 0.2) is 0 Å². The minimum absolute atomic E-state index is 0.186. The van der Waals surface area contributed by atoms with Gasteiger partial charge in [-0.3, -0.25) is 19.7 Å². The molecule has 37 heavy (non-hydrogen) atoms. The molecule has 0 bridgehead atoms. The fourth-order valence-electron chi connectivity index (χ4n) is 5.45. The van der Waals surface area contributed by atoms with Gasteiger partial charge in [-0.2, -0.15) is 0 Å². The Balaban J connectivity index is 1.27. The second kappa shape index (κ2) is 11.1. The van der Waals surface area contributed by atoms with Crippen molar-refractivity contribution >= 4 is 39.1 Å². The first kappa shape index (κ1) is 25.5. The SMILES string of the molecule is CCCCC(CC)Cc1ccc2cc(COc3cccc4c3CN(C3CCC(=O)NC3=O)C4=O)sc2c1. The Kier molecular flexibility index (Phi) is 7.60.